The van der Waals surface area contributed by atoms with Gasteiger partial charge in [0.25, 0.3) is 0 Å². The van der Waals surface area contributed by atoms with E-state index in [2.05, 4.69) is 4.74 Å². The minimum Gasteiger partial charge on any atom is -0.460 e. The van der Waals surface area contributed by atoms with Crippen LogP contribution in [0.3, 0.4) is 0 Å². The van der Waals surface area contributed by atoms with E-state index in [1.54, 1.807) is 30.3 Å². The second kappa shape index (κ2) is 5.47. The molecular formula is C11H9F3O3. The maximum atomic E-state index is 12.2. The van der Waals surface area contributed by atoms with Gasteiger partial charge in [0.1, 0.15) is 12.9 Å². The molecule has 0 bridgehead atoms. The van der Waals surface area contributed by atoms with E-state index in [0.29, 0.717) is 5.56 Å². The van der Waals surface area contributed by atoms with Gasteiger partial charge in [-0.1, -0.05) is 30.3 Å². The van der Waals surface area contributed by atoms with Crippen LogP contribution in [0, 0.1) is 5.92 Å². The van der Waals surface area contributed by atoms with E-state index in [1.807, 2.05) is 0 Å². The maximum absolute atomic E-state index is 12.2. The van der Waals surface area contributed by atoms with Crippen LogP contribution in [-0.2, 0) is 20.9 Å². The van der Waals surface area contributed by atoms with Crippen molar-refractivity contribution < 1.29 is 27.5 Å². The average molecular weight is 246 g/mol. The molecule has 0 heterocycles. The molecule has 1 unspecified atom stereocenters. The Balaban J connectivity index is 2.58. The highest BCUT2D eigenvalue weighted by Crippen LogP contribution is 2.25. The number of carbonyl (C=O) groups is 2. The standard InChI is InChI=1S/C11H9F3O3/c12-11(13,14)9(6-15)10(16)17-7-8-4-2-1-3-5-8/h1-6,9H,7H2. The lowest BCUT2D eigenvalue weighted by atomic mass is 10.1. The number of hydrogen-bond acceptors (Lipinski definition) is 3. The fourth-order valence-corrected chi connectivity index (χ4v) is 1.08. The van der Waals surface area contributed by atoms with E-state index in [0.717, 1.165) is 0 Å². The van der Waals surface area contributed by atoms with Gasteiger partial charge in [-0.2, -0.15) is 13.2 Å². The monoisotopic (exact) mass is 246 g/mol. The Bertz CT molecular complexity index is 387. The third-order valence-corrected chi connectivity index (χ3v) is 1.97. The fraction of sp³-hybridized carbons (Fsp3) is 0.273. The van der Waals surface area contributed by atoms with Crippen molar-refractivity contribution in [3.63, 3.8) is 0 Å². The molecule has 0 aliphatic heterocycles. The molecule has 92 valence electrons. The number of halogens is 3. The molecule has 0 spiro atoms. The molecule has 0 amide bonds. The minimum absolute atomic E-state index is 0.292. The normalized spacial score (nSPS) is 12.9. The molecule has 0 aliphatic carbocycles. The summed E-state index contributed by atoms with van der Waals surface area (Å²) in [6, 6.07) is 8.22. The Labute approximate surface area is 95.2 Å². The lowest BCUT2D eigenvalue weighted by molar-refractivity contribution is -0.194. The van der Waals surface area contributed by atoms with Gasteiger partial charge in [0.15, 0.2) is 0 Å². The number of rotatable bonds is 4. The molecule has 1 rings (SSSR count). The summed E-state index contributed by atoms with van der Waals surface area (Å²) < 4.78 is 40.9. The van der Waals surface area contributed by atoms with Crippen LogP contribution in [0.1, 0.15) is 5.56 Å². The number of alkyl halides is 3. The molecule has 1 aromatic rings. The van der Waals surface area contributed by atoms with Crippen LogP contribution in [0.5, 0.6) is 0 Å². The van der Waals surface area contributed by atoms with Crippen LogP contribution in [0.25, 0.3) is 0 Å². The van der Waals surface area contributed by atoms with Gasteiger partial charge in [-0.25, -0.2) is 0 Å². The van der Waals surface area contributed by atoms with E-state index in [4.69, 9.17) is 0 Å². The molecule has 6 heteroatoms. The highest BCUT2D eigenvalue weighted by Gasteiger charge is 2.46. The van der Waals surface area contributed by atoms with Gasteiger partial charge in [0.05, 0.1) is 0 Å². The Morgan fingerprint density at radius 3 is 2.35 bits per heavy atom. The molecule has 1 atom stereocenters. The van der Waals surface area contributed by atoms with Crippen LogP contribution < -0.4 is 0 Å². The van der Waals surface area contributed by atoms with Crippen molar-refractivity contribution in [2.75, 3.05) is 0 Å². The summed E-state index contributed by atoms with van der Waals surface area (Å²) in [5, 5.41) is 0. The number of aldehydes is 1. The smallest absolute Gasteiger partial charge is 0.408 e. The SMILES string of the molecule is O=CC(C(=O)OCc1ccccc1)C(F)(F)F. The largest absolute Gasteiger partial charge is 0.460 e. The van der Waals surface area contributed by atoms with E-state index >= 15 is 0 Å². The molecule has 0 aromatic heterocycles. The number of benzene rings is 1. The first-order chi connectivity index (χ1) is 7.95. The van der Waals surface area contributed by atoms with E-state index < -0.39 is 24.3 Å². The Hall–Kier alpha value is -1.85. The number of carbonyl (C=O) groups excluding carboxylic acids is 2. The Kier molecular flexibility index (Phi) is 4.25. The zero-order valence-electron chi connectivity index (χ0n) is 8.61. The number of ether oxygens (including phenoxy) is 1. The number of hydrogen-bond donors (Lipinski definition) is 0. The summed E-state index contributed by atoms with van der Waals surface area (Å²) in [5.41, 5.74) is 0.549. The summed E-state index contributed by atoms with van der Waals surface area (Å²) in [5.74, 6) is -4.30. The van der Waals surface area contributed by atoms with Gasteiger partial charge in [0.2, 0.25) is 5.92 Å². The van der Waals surface area contributed by atoms with E-state index in [-0.39, 0.29) is 6.61 Å². The molecule has 0 aliphatic rings. The molecular weight excluding hydrogens is 237 g/mol. The third kappa shape index (κ3) is 3.90. The fourth-order valence-electron chi connectivity index (χ4n) is 1.08. The summed E-state index contributed by atoms with van der Waals surface area (Å²) in [6.45, 7) is -0.292. The summed E-state index contributed by atoms with van der Waals surface area (Å²) in [4.78, 5) is 21.2. The summed E-state index contributed by atoms with van der Waals surface area (Å²) >= 11 is 0. The van der Waals surface area contributed by atoms with Crippen LogP contribution >= 0.6 is 0 Å². The predicted octanol–water partition coefficient (Wildman–Crippen LogP) is 2.11. The third-order valence-electron chi connectivity index (χ3n) is 1.97. The molecule has 1 aromatic carbocycles. The van der Waals surface area contributed by atoms with Crippen molar-refractivity contribution in [2.45, 2.75) is 12.8 Å². The first-order valence-electron chi connectivity index (χ1n) is 4.67. The first-order valence-corrected chi connectivity index (χ1v) is 4.67. The van der Waals surface area contributed by atoms with Crippen molar-refractivity contribution in [3.05, 3.63) is 35.9 Å². The van der Waals surface area contributed by atoms with Gasteiger partial charge < -0.3 is 9.53 Å². The van der Waals surface area contributed by atoms with Crippen LogP contribution in [0.2, 0.25) is 0 Å². The zero-order valence-corrected chi connectivity index (χ0v) is 8.61. The van der Waals surface area contributed by atoms with E-state index in [1.165, 1.54) is 0 Å². The van der Waals surface area contributed by atoms with Gasteiger partial charge >= 0.3 is 12.1 Å². The van der Waals surface area contributed by atoms with E-state index in [9.17, 15) is 22.8 Å². The van der Waals surface area contributed by atoms with Crippen LogP contribution in [0.15, 0.2) is 30.3 Å². The maximum Gasteiger partial charge on any atom is 0.408 e. The molecule has 0 radical (unpaired) electrons. The average Bonchev–Trinajstić information content (AvgIpc) is 2.27. The zero-order chi connectivity index (χ0) is 12.9. The summed E-state index contributed by atoms with van der Waals surface area (Å²) in [7, 11) is 0. The van der Waals surface area contributed by atoms with Crippen LogP contribution in [0.4, 0.5) is 13.2 Å². The van der Waals surface area contributed by atoms with Crippen molar-refractivity contribution in [1.29, 1.82) is 0 Å². The van der Waals surface area contributed by atoms with Gasteiger partial charge in [0, 0.05) is 0 Å². The summed E-state index contributed by atoms with van der Waals surface area (Å²) in [6.07, 6.45) is -5.37. The molecule has 0 fully saturated rings. The van der Waals surface area contributed by atoms with Crippen LogP contribution in [-0.4, -0.2) is 18.4 Å². The molecule has 0 saturated carbocycles. The first kappa shape index (κ1) is 13.2. The molecule has 3 nitrogen and oxygen atoms in total. The lowest BCUT2D eigenvalue weighted by Gasteiger charge is -2.13. The molecule has 17 heavy (non-hydrogen) atoms. The quantitative estimate of drug-likeness (QED) is 0.464. The lowest BCUT2D eigenvalue weighted by Crippen LogP contribution is -2.33. The van der Waals surface area contributed by atoms with Crippen molar-refractivity contribution in [1.82, 2.24) is 0 Å². The Morgan fingerprint density at radius 1 is 1.29 bits per heavy atom. The Morgan fingerprint density at radius 2 is 1.88 bits per heavy atom. The van der Waals surface area contributed by atoms with Gasteiger partial charge in [-0.05, 0) is 5.56 Å². The molecule has 0 saturated heterocycles. The van der Waals surface area contributed by atoms with Gasteiger partial charge in [-0.3, -0.25) is 4.79 Å². The number of esters is 1. The highest BCUT2D eigenvalue weighted by atomic mass is 19.4. The molecule has 0 N–H and O–H groups in total. The van der Waals surface area contributed by atoms with Crippen molar-refractivity contribution in [2.24, 2.45) is 5.92 Å². The predicted molar refractivity (Wildman–Crippen MR) is 51.8 cm³/mol. The second-order valence-corrected chi connectivity index (χ2v) is 3.25. The second-order valence-electron chi connectivity index (χ2n) is 3.25. The minimum atomic E-state index is -4.91. The van der Waals surface area contributed by atoms with Crippen molar-refractivity contribution >= 4 is 12.3 Å². The highest BCUT2D eigenvalue weighted by molar-refractivity contribution is 5.88. The van der Waals surface area contributed by atoms with Gasteiger partial charge in [-0.15, -0.1) is 0 Å². The topological polar surface area (TPSA) is 43.4 Å². The van der Waals surface area contributed by atoms with Crippen molar-refractivity contribution in [3.8, 4) is 0 Å².